The van der Waals surface area contributed by atoms with Crippen molar-refractivity contribution in [3.8, 4) is 0 Å². The minimum Gasteiger partial charge on any atom is -0.396 e. The lowest BCUT2D eigenvalue weighted by Gasteiger charge is -2.39. The Kier molecular flexibility index (Phi) is 6.62. The Morgan fingerprint density at radius 2 is 2.05 bits per heavy atom. The smallest absolute Gasteiger partial charge is 0.0431 e. The topological polar surface area (TPSA) is 35.5 Å². The Balaban J connectivity index is 1.75. The van der Waals surface area contributed by atoms with Gasteiger partial charge in [0.2, 0.25) is 0 Å². The first-order valence-corrected chi connectivity index (χ1v) is 8.38. The van der Waals surface area contributed by atoms with Gasteiger partial charge in [-0.15, -0.1) is 0 Å². The van der Waals surface area contributed by atoms with Crippen LogP contribution in [0.15, 0.2) is 0 Å². The molecule has 0 bridgehead atoms. The summed E-state index contributed by atoms with van der Waals surface area (Å²) < 4.78 is 0. The van der Waals surface area contributed by atoms with Gasteiger partial charge in [0.25, 0.3) is 0 Å². The minimum atomic E-state index is 0.352. The third-order valence-electron chi connectivity index (χ3n) is 4.84. The number of hydrogen-bond donors (Lipinski definition) is 2. The number of piperidine rings is 1. The second-order valence-corrected chi connectivity index (χ2v) is 6.63. The number of aliphatic hydroxyl groups excluding tert-OH is 1. The van der Waals surface area contributed by atoms with Gasteiger partial charge in [0.05, 0.1) is 0 Å². The molecule has 2 atom stereocenters. The van der Waals surface area contributed by atoms with Crippen molar-refractivity contribution in [3.63, 3.8) is 0 Å². The Bertz CT molecular complexity index is 243. The Morgan fingerprint density at radius 1 is 1.21 bits per heavy atom. The molecular weight excluding hydrogens is 236 g/mol. The Morgan fingerprint density at radius 3 is 2.68 bits per heavy atom. The second kappa shape index (κ2) is 8.23. The van der Waals surface area contributed by atoms with Gasteiger partial charge in [0.1, 0.15) is 0 Å². The summed E-state index contributed by atoms with van der Waals surface area (Å²) in [6.07, 6.45) is 9.05. The van der Waals surface area contributed by atoms with E-state index in [0.29, 0.717) is 12.6 Å². The molecule has 0 aromatic carbocycles. The van der Waals surface area contributed by atoms with Gasteiger partial charge in [-0.05, 0) is 63.5 Å². The first kappa shape index (κ1) is 15.3. The zero-order valence-electron chi connectivity index (χ0n) is 12.6. The van der Waals surface area contributed by atoms with E-state index in [9.17, 15) is 0 Å². The molecular formula is C16H32N2O. The zero-order chi connectivity index (χ0) is 13.5. The summed E-state index contributed by atoms with van der Waals surface area (Å²) in [5, 5.41) is 12.8. The summed E-state index contributed by atoms with van der Waals surface area (Å²) in [5.74, 6) is 1.74. The van der Waals surface area contributed by atoms with E-state index in [1.165, 1.54) is 64.7 Å². The van der Waals surface area contributed by atoms with Crippen LogP contribution in [0.1, 0.15) is 51.9 Å². The fourth-order valence-corrected chi connectivity index (χ4v) is 3.57. The lowest BCUT2D eigenvalue weighted by Crippen LogP contribution is -2.50. The maximum absolute atomic E-state index is 9.02. The molecule has 19 heavy (non-hydrogen) atoms. The average Bonchev–Trinajstić information content (AvgIpc) is 2.35. The van der Waals surface area contributed by atoms with E-state index in [-0.39, 0.29) is 0 Å². The molecule has 3 heteroatoms. The van der Waals surface area contributed by atoms with E-state index in [2.05, 4.69) is 17.1 Å². The summed E-state index contributed by atoms with van der Waals surface area (Å²) in [4.78, 5) is 2.63. The van der Waals surface area contributed by atoms with Crippen LogP contribution in [-0.2, 0) is 0 Å². The molecule has 1 aliphatic heterocycles. The minimum absolute atomic E-state index is 0.352. The molecule has 2 N–H and O–H groups in total. The quantitative estimate of drug-likeness (QED) is 0.709. The molecule has 2 unspecified atom stereocenters. The first-order valence-electron chi connectivity index (χ1n) is 8.38. The fraction of sp³-hybridized carbons (Fsp3) is 1.00. The van der Waals surface area contributed by atoms with E-state index in [4.69, 9.17) is 5.11 Å². The van der Waals surface area contributed by atoms with Crippen LogP contribution in [0.4, 0.5) is 0 Å². The summed E-state index contributed by atoms with van der Waals surface area (Å²) in [7, 11) is 0. The lowest BCUT2D eigenvalue weighted by molar-refractivity contribution is 0.124. The number of likely N-dealkylation sites (tertiary alicyclic amines) is 1. The average molecular weight is 268 g/mol. The molecule has 0 amide bonds. The normalized spacial score (nSPS) is 29.4. The van der Waals surface area contributed by atoms with Crippen molar-refractivity contribution >= 4 is 0 Å². The molecule has 1 saturated heterocycles. The summed E-state index contributed by atoms with van der Waals surface area (Å²) in [5.41, 5.74) is 0. The van der Waals surface area contributed by atoms with Gasteiger partial charge >= 0.3 is 0 Å². The van der Waals surface area contributed by atoms with E-state index in [0.717, 1.165) is 18.3 Å². The third kappa shape index (κ3) is 5.05. The summed E-state index contributed by atoms with van der Waals surface area (Å²) >= 11 is 0. The fourth-order valence-electron chi connectivity index (χ4n) is 3.57. The Labute approximate surface area is 118 Å². The highest BCUT2D eigenvalue weighted by Crippen LogP contribution is 2.26. The van der Waals surface area contributed by atoms with Crippen LogP contribution < -0.4 is 5.32 Å². The number of nitrogens with zero attached hydrogens (tertiary/aromatic N) is 1. The number of hydrogen-bond acceptors (Lipinski definition) is 3. The SMILES string of the molecule is CCCN1CC(CCCO)CC(NCC2CCC2)C1. The second-order valence-electron chi connectivity index (χ2n) is 6.63. The molecule has 1 saturated carbocycles. The third-order valence-corrected chi connectivity index (χ3v) is 4.84. The zero-order valence-corrected chi connectivity index (χ0v) is 12.6. The standard InChI is InChI=1S/C16H32N2O/c1-2-8-18-12-15(7-4-9-19)10-16(13-18)17-11-14-5-3-6-14/h14-17,19H,2-13H2,1H3. The summed E-state index contributed by atoms with van der Waals surface area (Å²) in [6, 6.07) is 0.685. The van der Waals surface area contributed by atoms with Crippen LogP contribution >= 0.6 is 0 Å². The van der Waals surface area contributed by atoms with Gasteiger partial charge in [-0.2, -0.15) is 0 Å². The highest BCUT2D eigenvalue weighted by atomic mass is 16.2. The van der Waals surface area contributed by atoms with Gasteiger partial charge in [0, 0.05) is 25.7 Å². The monoisotopic (exact) mass is 268 g/mol. The van der Waals surface area contributed by atoms with Gasteiger partial charge in [0.15, 0.2) is 0 Å². The Hall–Kier alpha value is -0.120. The van der Waals surface area contributed by atoms with Crippen molar-refractivity contribution in [2.45, 2.75) is 57.9 Å². The molecule has 112 valence electrons. The summed E-state index contributed by atoms with van der Waals surface area (Å²) in [6.45, 7) is 7.57. The molecule has 2 aliphatic rings. The maximum Gasteiger partial charge on any atom is 0.0431 e. The first-order chi connectivity index (χ1) is 9.31. The van der Waals surface area contributed by atoms with Crippen molar-refractivity contribution in [2.24, 2.45) is 11.8 Å². The van der Waals surface area contributed by atoms with Crippen LogP contribution in [0.2, 0.25) is 0 Å². The lowest BCUT2D eigenvalue weighted by atomic mass is 9.84. The highest BCUT2D eigenvalue weighted by molar-refractivity contribution is 4.85. The van der Waals surface area contributed by atoms with E-state index >= 15 is 0 Å². The predicted molar refractivity (Wildman–Crippen MR) is 80.3 cm³/mol. The molecule has 3 nitrogen and oxygen atoms in total. The highest BCUT2D eigenvalue weighted by Gasteiger charge is 2.27. The number of aliphatic hydroxyl groups is 1. The van der Waals surface area contributed by atoms with Crippen molar-refractivity contribution in [2.75, 3.05) is 32.8 Å². The molecule has 0 spiro atoms. The molecule has 0 aromatic heterocycles. The van der Waals surface area contributed by atoms with Gasteiger partial charge in [-0.3, -0.25) is 0 Å². The molecule has 0 radical (unpaired) electrons. The van der Waals surface area contributed by atoms with Crippen LogP contribution in [0.3, 0.4) is 0 Å². The maximum atomic E-state index is 9.02. The van der Waals surface area contributed by atoms with Crippen LogP contribution in [0.5, 0.6) is 0 Å². The number of rotatable bonds is 8. The molecule has 1 aliphatic carbocycles. The van der Waals surface area contributed by atoms with Crippen LogP contribution in [-0.4, -0.2) is 48.8 Å². The van der Waals surface area contributed by atoms with E-state index in [1.54, 1.807) is 0 Å². The van der Waals surface area contributed by atoms with Crippen molar-refractivity contribution in [1.82, 2.24) is 10.2 Å². The van der Waals surface area contributed by atoms with Crippen LogP contribution in [0, 0.1) is 11.8 Å². The van der Waals surface area contributed by atoms with Gasteiger partial charge in [-0.25, -0.2) is 0 Å². The van der Waals surface area contributed by atoms with E-state index in [1.807, 2.05) is 0 Å². The largest absolute Gasteiger partial charge is 0.396 e. The van der Waals surface area contributed by atoms with Crippen molar-refractivity contribution < 1.29 is 5.11 Å². The van der Waals surface area contributed by atoms with Crippen LogP contribution in [0.25, 0.3) is 0 Å². The predicted octanol–water partition coefficient (Wildman–Crippen LogP) is 2.25. The van der Waals surface area contributed by atoms with Crippen molar-refractivity contribution in [1.29, 1.82) is 0 Å². The molecule has 2 rings (SSSR count). The molecule has 1 heterocycles. The molecule has 2 fully saturated rings. The van der Waals surface area contributed by atoms with Gasteiger partial charge < -0.3 is 15.3 Å². The van der Waals surface area contributed by atoms with Gasteiger partial charge in [-0.1, -0.05) is 13.3 Å². The molecule has 0 aromatic rings. The van der Waals surface area contributed by atoms with Crippen molar-refractivity contribution in [3.05, 3.63) is 0 Å². The van der Waals surface area contributed by atoms with E-state index < -0.39 is 0 Å². The number of nitrogens with one attached hydrogen (secondary N) is 1.